The number of rotatable bonds is 5. The monoisotopic (exact) mass is 486 g/mol. The van der Waals surface area contributed by atoms with Crippen LogP contribution in [-0.4, -0.2) is 27.4 Å². The fraction of sp³-hybridized carbons (Fsp3) is 0.417. The van der Waals surface area contributed by atoms with E-state index < -0.39 is 0 Å². The Morgan fingerprint density at radius 1 is 1.18 bits per heavy atom. The van der Waals surface area contributed by atoms with E-state index in [1.807, 2.05) is 13.0 Å². The number of hydrogen-bond donors (Lipinski definition) is 2. The van der Waals surface area contributed by atoms with Crippen molar-refractivity contribution in [1.29, 1.82) is 0 Å². The molecule has 2 amide bonds. The van der Waals surface area contributed by atoms with Gasteiger partial charge in [-0.15, -0.1) is 11.3 Å². The van der Waals surface area contributed by atoms with Gasteiger partial charge in [-0.1, -0.05) is 43.4 Å². The largest absolute Gasteiger partial charge is 0.349 e. The van der Waals surface area contributed by atoms with E-state index in [4.69, 9.17) is 11.6 Å². The maximum Gasteiger partial charge on any atom is 0.262 e. The Hall–Kier alpha value is -2.71. The number of thiophene rings is 1. The summed E-state index contributed by atoms with van der Waals surface area (Å²) in [5.74, 6) is -0.514. The minimum atomic E-state index is -0.364. The van der Waals surface area contributed by atoms with Gasteiger partial charge in [-0.2, -0.15) is 0 Å². The molecule has 7 nitrogen and oxygen atoms in total. The molecule has 1 saturated carbocycles. The van der Waals surface area contributed by atoms with Crippen LogP contribution in [0.4, 0.5) is 5.69 Å². The summed E-state index contributed by atoms with van der Waals surface area (Å²) in [4.78, 5) is 43.9. The number of halogens is 1. The predicted octanol–water partition coefficient (Wildman–Crippen LogP) is 4.82. The van der Waals surface area contributed by atoms with E-state index in [2.05, 4.69) is 15.6 Å². The van der Waals surface area contributed by atoms with E-state index in [0.717, 1.165) is 31.2 Å². The number of carbonyl (C=O) groups is 2. The Balaban J connectivity index is 1.52. The summed E-state index contributed by atoms with van der Waals surface area (Å²) in [7, 11) is 0. The first-order valence-electron chi connectivity index (χ1n) is 11.2. The summed E-state index contributed by atoms with van der Waals surface area (Å²) >= 11 is 7.34. The Morgan fingerprint density at radius 3 is 2.61 bits per heavy atom. The first-order valence-corrected chi connectivity index (χ1v) is 12.4. The van der Waals surface area contributed by atoms with Crippen molar-refractivity contribution in [1.82, 2.24) is 14.9 Å². The molecule has 0 atom stereocenters. The molecular weight excluding hydrogens is 460 g/mol. The highest BCUT2D eigenvalue weighted by molar-refractivity contribution is 7.20. The molecule has 0 unspecified atom stereocenters. The van der Waals surface area contributed by atoms with E-state index >= 15 is 0 Å². The minimum Gasteiger partial charge on any atom is -0.349 e. The molecule has 1 aromatic carbocycles. The van der Waals surface area contributed by atoms with Crippen LogP contribution in [0.2, 0.25) is 5.02 Å². The second kappa shape index (κ2) is 10.1. The van der Waals surface area contributed by atoms with Crippen molar-refractivity contribution in [2.24, 2.45) is 0 Å². The summed E-state index contributed by atoms with van der Waals surface area (Å²) in [6.07, 6.45) is 8.00. The molecule has 3 aromatic rings. The van der Waals surface area contributed by atoms with E-state index in [0.29, 0.717) is 31.4 Å². The number of amides is 2. The Labute approximate surface area is 201 Å². The average Bonchev–Trinajstić information content (AvgIpc) is 2.93. The van der Waals surface area contributed by atoms with Gasteiger partial charge in [0.05, 0.1) is 16.6 Å². The lowest BCUT2D eigenvalue weighted by molar-refractivity contribution is -0.116. The lowest BCUT2D eigenvalue weighted by Crippen LogP contribution is -2.34. The molecule has 2 aromatic heterocycles. The Bertz CT molecular complexity index is 1260. The summed E-state index contributed by atoms with van der Waals surface area (Å²) in [6, 6.07) is 5.41. The van der Waals surface area contributed by atoms with Crippen molar-refractivity contribution in [2.75, 3.05) is 5.32 Å². The number of anilines is 1. The van der Waals surface area contributed by atoms with Crippen LogP contribution in [0.1, 0.15) is 59.3 Å². The fourth-order valence-electron chi connectivity index (χ4n) is 4.19. The third kappa shape index (κ3) is 5.28. The predicted molar refractivity (Wildman–Crippen MR) is 132 cm³/mol. The summed E-state index contributed by atoms with van der Waals surface area (Å²) in [5.41, 5.74) is 1.74. The number of aromatic nitrogens is 2. The van der Waals surface area contributed by atoms with Gasteiger partial charge in [0.1, 0.15) is 11.4 Å². The molecule has 2 N–H and O–H groups in total. The highest BCUT2D eigenvalue weighted by Crippen LogP contribution is 2.27. The van der Waals surface area contributed by atoms with Crippen molar-refractivity contribution in [3.63, 3.8) is 0 Å². The zero-order valence-corrected chi connectivity index (χ0v) is 20.3. The molecule has 2 heterocycles. The van der Waals surface area contributed by atoms with Gasteiger partial charge in [0.15, 0.2) is 0 Å². The number of nitrogens with one attached hydrogen (secondary N) is 2. The van der Waals surface area contributed by atoms with Gasteiger partial charge >= 0.3 is 0 Å². The van der Waals surface area contributed by atoms with Gasteiger partial charge in [-0.05, 0) is 49.9 Å². The Kier molecular flexibility index (Phi) is 7.14. The van der Waals surface area contributed by atoms with Crippen molar-refractivity contribution in [3.05, 3.63) is 55.9 Å². The van der Waals surface area contributed by atoms with Crippen molar-refractivity contribution >= 4 is 50.7 Å². The second-order valence-corrected chi connectivity index (χ2v) is 9.99. The topological polar surface area (TPSA) is 93.1 Å². The number of hydrogen-bond acceptors (Lipinski definition) is 5. The number of carbonyl (C=O) groups excluding carboxylic acids is 2. The zero-order valence-electron chi connectivity index (χ0n) is 18.7. The van der Waals surface area contributed by atoms with Crippen molar-refractivity contribution in [2.45, 2.75) is 65.0 Å². The second-order valence-electron chi connectivity index (χ2n) is 8.59. The molecular formula is C24H27ClN4O3S. The number of benzene rings is 1. The first-order chi connectivity index (χ1) is 15.8. The van der Waals surface area contributed by atoms with Gasteiger partial charge < -0.3 is 10.6 Å². The number of fused-ring (bicyclic) bond motifs is 1. The molecule has 174 valence electrons. The smallest absolute Gasteiger partial charge is 0.262 e. The highest BCUT2D eigenvalue weighted by Gasteiger charge is 2.22. The van der Waals surface area contributed by atoms with Gasteiger partial charge in [-0.3, -0.25) is 19.0 Å². The lowest BCUT2D eigenvalue weighted by Gasteiger charge is -2.15. The molecule has 0 radical (unpaired) electrons. The summed E-state index contributed by atoms with van der Waals surface area (Å²) in [5, 5.41) is 6.83. The summed E-state index contributed by atoms with van der Waals surface area (Å²) < 4.78 is 1.26. The van der Waals surface area contributed by atoms with Crippen LogP contribution in [0, 0.1) is 13.8 Å². The van der Waals surface area contributed by atoms with E-state index in [1.54, 1.807) is 19.1 Å². The standard InChI is InChI=1S/C24H27ClN4O3S/c1-14-9-10-17(11-18(14)25)27-19(30)12-29-13-26-23-20(24(29)32)15(2)21(33-23)22(31)28-16-7-5-3-4-6-8-16/h9-11,13,16H,3-8,12H2,1-2H3,(H,27,30)(H,28,31). The normalized spacial score (nSPS) is 14.8. The van der Waals surface area contributed by atoms with Crippen LogP contribution in [0.3, 0.4) is 0 Å². The van der Waals surface area contributed by atoms with E-state index in [-0.39, 0.29) is 30.0 Å². The van der Waals surface area contributed by atoms with Crippen LogP contribution in [0.5, 0.6) is 0 Å². The third-order valence-electron chi connectivity index (χ3n) is 6.08. The quantitative estimate of drug-likeness (QED) is 0.505. The zero-order chi connectivity index (χ0) is 23.5. The molecule has 1 aliphatic rings. The number of nitrogens with zero attached hydrogens (tertiary/aromatic N) is 2. The fourth-order valence-corrected chi connectivity index (χ4v) is 5.41. The maximum atomic E-state index is 13.1. The van der Waals surface area contributed by atoms with Gasteiger partial charge in [0.25, 0.3) is 11.5 Å². The molecule has 0 aliphatic heterocycles. The van der Waals surface area contributed by atoms with Gasteiger partial charge in [0.2, 0.25) is 5.91 Å². The minimum absolute atomic E-state index is 0.151. The van der Waals surface area contributed by atoms with E-state index in [1.165, 1.54) is 35.1 Å². The van der Waals surface area contributed by atoms with E-state index in [9.17, 15) is 14.4 Å². The Morgan fingerprint density at radius 2 is 1.91 bits per heavy atom. The van der Waals surface area contributed by atoms with Gasteiger partial charge in [0, 0.05) is 16.8 Å². The maximum absolute atomic E-state index is 13.1. The van der Waals surface area contributed by atoms with Crippen molar-refractivity contribution in [3.8, 4) is 0 Å². The lowest BCUT2D eigenvalue weighted by atomic mass is 10.1. The molecule has 0 saturated heterocycles. The average molecular weight is 487 g/mol. The number of aryl methyl sites for hydroxylation is 2. The highest BCUT2D eigenvalue weighted by atomic mass is 35.5. The molecule has 1 fully saturated rings. The van der Waals surface area contributed by atoms with Crippen LogP contribution in [0.25, 0.3) is 10.2 Å². The SMILES string of the molecule is Cc1ccc(NC(=O)Cn2cnc3sc(C(=O)NC4CCCCCC4)c(C)c3c2=O)cc1Cl. The molecule has 0 bridgehead atoms. The van der Waals surface area contributed by atoms with Crippen LogP contribution in [0.15, 0.2) is 29.3 Å². The molecule has 9 heteroatoms. The first kappa shape index (κ1) is 23.4. The third-order valence-corrected chi connectivity index (χ3v) is 7.69. The molecule has 0 spiro atoms. The van der Waals surface area contributed by atoms with Crippen molar-refractivity contribution < 1.29 is 9.59 Å². The van der Waals surface area contributed by atoms with Crippen LogP contribution >= 0.6 is 22.9 Å². The summed E-state index contributed by atoms with van der Waals surface area (Å²) in [6.45, 7) is 3.46. The van der Waals surface area contributed by atoms with Crippen LogP contribution < -0.4 is 16.2 Å². The van der Waals surface area contributed by atoms with Crippen LogP contribution in [-0.2, 0) is 11.3 Å². The molecule has 33 heavy (non-hydrogen) atoms. The molecule has 1 aliphatic carbocycles. The van der Waals surface area contributed by atoms with Gasteiger partial charge in [-0.25, -0.2) is 4.98 Å². The molecule has 4 rings (SSSR count).